The van der Waals surface area contributed by atoms with Gasteiger partial charge in [-0.1, -0.05) is 18.2 Å². The van der Waals surface area contributed by atoms with Crippen LogP contribution in [0.1, 0.15) is 16.0 Å². The summed E-state index contributed by atoms with van der Waals surface area (Å²) in [4.78, 5) is 1.05. The number of nitrogens with zero attached hydrogens (tertiary/aromatic N) is 2. The Labute approximate surface area is 104 Å². The number of hydrogen-bond acceptors (Lipinski definition) is 3. The molecule has 2 nitrogen and oxygen atoms in total. The molecule has 0 atom stereocenters. The average molecular weight is 236 g/mol. The van der Waals surface area contributed by atoms with E-state index in [4.69, 9.17) is 10.5 Å². The van der Waals surface area contributed by atoms with Crippen molar-refractivity contribution < 1.29 is 0 Å². The van der Waals surface area contributed by atoms with Crippen LogP contribution in [0, 0.1) is 22.7 Å². The zero-order valence-electron chi connectivity index (χ0n) is 8.92. The lowest BCUT2D eigenvalue weighted by atomic mass is 10.0. The van der Waals surface area contributed by atoms with Crippen LogP contribution in [0.25, 0.3) is 11.6 Å². The fourth-order valence-electron chi connectivity index (χ4n) is 1.42. The molecule has 0 unspecified atom stereocenters. The molecule has 1 aromatic heterocycles. The molecule has 0 aliphatic carbocycles. The Morgan fingerprint density at radius 2 is 1.88 bits per heavy atom. The third-order valence-electron chi connectivity index (χ3n) is 2.28. The number of thiophene rings is 1. The molecule has 0 amide bonds. The Bertz CT molecular complexity index is 608. The average Bonchev–Trinajstić information content (AvgIpc) is 2.89. The van der Waals surface area contributed by atoms with E-state index in [2.05, 4.69) is 12.1 Å². The molecule has 0 fully saturated rings. The van der Waals surface area contributed by atoms with Gasteiger partial charge in [0.2, 0.25) is 0 Å². The smallest absolute Gasteiger partial charge is 0.0998 e. The Hall–Kier alpha value is -2.36. The molecule has 80 valence electrons. The predicted molar refractivity (Wildman–Crippen MR) is 69.0 cm³/mol. The summed E-state index contributed by atoms with van der Waals surface area (Å²) < 4.78 is 0. The fraction of sp³-hybridized carbons (Fsp3) is 0. The van der Waals surface area contributed by atoms with Crippen LogP contribution in [0.5, 0.6) is 0 Å². The summed E-state index contributed by atoms with van der Waals surface area (Å²) in [5, 5.41) is 19.8. The molecule has 0 saturated carbocycles. The van der Waals surface area contributed by atoms with E-state index < -0.39 is 0 Å². The van der Waals surface area contributed by atoms with Crippen LogP contribution in [-0.4, -0.2) is 0 Å². The molecule has 0 aliphatic rings. The number of rotatable bonds is 2. The van der Waals surface area contributed by atoms with Crippen LogP contribution in [0.4, 0.5) is 0 Å². The van der Waals surface area contributed by atoms with Gasteiger partial charge in [-0.05, 0) is 35.2 Å². The van der Waals surface area contributed by atoms with E-state index in [1.54, 1.807) is 35.6 Å². The Morgan fingerprint density at radius 1 is 1.12 bits per heavy atom. The molecule has 0 spiro atoms. The second-order valence-corrected chi connectivity index (χ2v) is 4.35. The number of allylic oxidation sites excluding steroid dienone is 1. The first kappa shape index (κ1) is 11.1. The van der Waals surface area contributed by atoms with Crippen molar-refractivity contribution in [3.8, 4) is 12.1 Å². The number of benzene rings is 1. The lowest BCUT2D eigenvalue weighted by molar-refractivity contribution is 1.47. The molecule has 0 aliphatic heterocycles. The predicted octanol–water partition coefficient (Wildman–Crippen LogP) is 3.68. The Morgan fingerprint density at radius 3 is 2.41 bits per heavy atom. The van der Waals surface area contributed by atoms with Gasteiger partial charge < -0.3 is 0 Å². The Balaban J connectivity index is 2.37. The van der Waals surface area contributed by atoms with Crippen molar-refractivity contribution >= 4 is 23.0 Å². The van der Waals surface area contributed by atoms with Crippen molar-refractivity contribution in [3.05, 3.63) is 57.8 Å². The molecule has 1 aromatic carbocycles. The molecule has 0 bridgehead atoms. The molecule has 17 heavy (non-hydrogen) atoms. The summed E-state index contributed by atoms with van der Waals surface area (Å²) in [5.74, 6) is 0. The molecule has 0 saturated heterocycles. The fourth-order valence-corrected chi connectivity index (χ4v) is 2.08. The molecule has 0 radical (unpaired) electrons. The molecule has 2 rings (SSSR count). The summed E-state index contributed by atoms with van der Waals surface area (Å²) >= 11 is 1.59. The maximum atomic E-state index is 9.13. The lowest BCUT2D eigenvalue weighted by Gasteiger charge is -1.98. The molecular formula is C14H8N2S. The largest absolute Gasteiger partial charge is 0.192 e. The first-order valence-corrected chi connectivity index (χ1v) is 5.87. The van der Waals surface area contributed by atoms with E-state index in [-0.39, 0.29) is 0 Å². The minimum atomic E-state index is 0.599. The van der Waals surface area contributed by atoms with Crippen LogP contribution in [0.2, 0.25) is 0 Å². The van der Waals surface area contributed by atoms with E-state index in [1.807, 2.05) is 23.6 Å². The minimum Gasteiger partial charge on any atom is -0.192 e. The van der Waals surface area contributed by atoms with Crippen molar-refractivity contribution in [1.82, 2.24) is 0 Å². The maximum absolute atomic E-state index is 9.13. The van der Waals surface area contributed by atoms with Gasteiger partial charge >= 0.3 is 0 Å². The summed E-state index contributed by atoms with van der Waals surface area (Å²) in [6.07, 6.45) is 1.85. The van der Waals surface area contributed by atoms with Gasteiger partial charge in [0.05, 0.1) is 23.3 Å². The standard InChI is InChI=1S/C14H8N2S/c15-9-11-3-5-12(6-4-11)13(10-16)8-14-2-1-7-17-14/h1-8H. The van der Waals surface area contributed by atoms with Gasteiger partial charge in [0.1, 0.15) is 0 Å². The maximum Gasteiger partial charge on any atom is 0.0998 e. The highest BCUT2D eigenvalue weighted by atomic mass is 32.1. The van der Waals surface area contributed by atoms with E-state index in [0.717, 1.165) is 10.4 Å². The molecule has 0 N–H and O–H groups in total. The number of hydrogen-bond donors (Lipinski definition) is 0. The van der Waals surface area contributed by atoms with Crippen LogP contribution < -0.4 is 0 Å². The molecule has 1 heterocycles. The van der Waals surface area contributed by atoms with Crippen LogP contribution >= 0.6 is 11.3 Å². The van der Waals surface area contributed by atoms with Crippen molar-refractivity contribution in [2.24, 2.45) is 0 Å². The highest BCUT2D eigenvalue weighted by molar-refractivity contribution is 7.10. The highest BCUT2D eigenvalue weighted by Crippen LogP contribution is 2.20. The van der Waals surface area contributed by atoms with E-state index in [0.29, 0.717) is 11.1 Å². The SMILES string of the molecule is N#CC(=Cc1cccs1)c1ccc(C#N)cc1. The second-order valence-electron chi connectivity index (χ2n) is 3.37. The van der Waals surface area contributed by atoms with Crippen LogP contribution in [-0.2, 0) is 0 Å². The van der Waals surface area contributed by atoms with Gasteiger partial charge in [-0.2, -0.15) is 10.5 Å². The van der Waals surface area contributed by atoms with E-state index in [1.165, 1.54) is 0 Å². The van der Waals surface area contributed by atoms with Gasteiger partial charge in [-0.3, -0.25) is 0 Å². The lowest BCUT2D eigenvalue weighted by Crippen LogP contribution is -1.82. The monoisotopic (exact) mass is 236 g/mol. The zero-order chi connectivity index (χ0) is 12.1. The Kier molecular flexibility index (Phi) is 3.35. The van der Waals surface area contributed by atoms with E-state index in [9.17, 15) is 0 Å². The third-order valence-corrected chi connectivity index (χ3v) is 3.09. The summed E-state index contributed by atoms with van der Waals surface area (Å²) in [6.45, 7) is 0. The van der Waals surface area contributed by atoms with Crippen molar-refractivity contribution in [2.45, 2.75) is 0 Å². The van der Waals surface area contributed by atoms with Gasteiger partial charge in [0, 0.05) is 4.88 Å². The first-order chi connectivity index (χ1) is 8.33. The topological polar surface area (TPSA) is 47.6 Å². The summed E-state index contributed by atoms with van der Waals surface area (Å²) in [7, 11) is 0. The van der Waals surface area contributed by atoms with Gasteiger partial charge in [0.25, 0.3) is 0 Å². The van der Waals surface area contributed by atoms with Crippen LogP contribution in [0.3, 0.4) is 0 Å². The molecule has 3 heteroatoms. The van der Waals surface area contributed by atoms with Crippen molar-refractivity contribution in [3.63, 3.8) is 0 Å². The third kappa shape index (κ3) is 2.60. The van der Waals surface area contributed by atoms with Crippen LogP contribution in [0.15, 0.2) is 41.8 Å². The van der Waals surface area contributed by atoms with Gasteiger partial charge in [0.15, 0.2) is 0 Å². The normalized spacial score (nSPS) is 10.6. The second kappa shape index (κ2) is 5.12. The summed E-state index contributed by atoms with van der Waals surface area (Å²) in [6, 6.07) is 15.2. The summed E-state index contributed by atoms with van der Waals surface area (Å²) in [5.41, 5.74) is 2.04. The molecule has 2 aromatic rings. The van der Waals surface area contributed by atoms with Gasteiger partial charge in [-0.25, -0.2) is 0 Å². The van der Waals surface area contributed by atoms with Crippen molar-refractivity contribution in [1.29, 1.82) is 10.5 Å². The minimum absolute atomic E-state index is 0.599. The highest BCUT2D eigenvalue weighted by Gasteiger charge is 2.01. The zero-order valence-corrected chi connectivity index (χ0v) is 9.74. The van der Waals surface area contributed by atoms with Gasteiger partial charge in [-0.15, -0.1) is 11.3 Å². The quantitative estimate of drug-likeness (QED) is 0.747. The van der Waals surface area contributed by atoms with Crippen molar-refractivity contribution in [2.75, 3.05) is 0 Å². The molecular weight excluding hydrogens is 228 g/mol. The number of nitriles is 2. The first-order valence-electron chi connectivity index (χ1n) is 4.99. The van der Waals surface area contributed by atoms with E-state index >= 15 is 0 Å².